The number of hydrogen-bond donors (Lipinski definition) is 1. The van der Waals surface area contributed by atoms with Crippen LogP contribution in [0.3, 0.4) is 0 Å². The minimum Gasteiger partial charge on any atom is -0.512 e. The summed E-state index contributed by atoms with van der Waals surface area (Å²) < 4.78 is 0. The van der Waals surface area contributed by atoms with Crippen LogP contribution in [0.4, 0.5) is 0 Å². The Balaban J connectivity index is 1.99. The zero-order chi connectivity index (χ0) is 9.10. The molecular weight excluding hydrogens is 160 g/mol. The van der Waals surface area contributed by atoms with Crippen molar-refractivity contribution >= 4 is 0 Å². The van der Waals surface area contributed by atoms with Gasteiger partial charge in [0.05, 0.1) is 5.76 Å². The van der Waals surface area contributed by atoms with Crippen molar-refractivity contribution in [1.82, 2.24) is 0 Å². The Morgan fingerprint density at radius 1 is 1.00 bits per heavy atom. The Bertz CT molecular complexity index is 232. The first kappa shape index (κ1) is 8.86. The van der Waals surface area contributed by atoms with E-state index in [1.54, 1.807) is 5.57 Å². The third-order valence-electron chi connectivity index (χ3n) is 3.29. The number of allylic oxidation sites excluding steroid dienone is 4. The van der Waals surface area contributed by atoms with Crippen LogP contribution in [0.1, 0.15) is 44.9 Å². The molecule has 2 aliphatic carbocycles. The van der Waals surface area contributed by atoms with E-state index < -0.39 is 0 Å². The molecule has 0 aromatic carbocycles. The molecule has 0 aromatic heterocycles. The van der Waals surface area contributed by atoms with Crippen molar-refractivity contribution in [2.75, 3.05) is 0 Å². The summed E-state index contributed by atoms with van der Waals surface area (Å²) in [7, 11) is 0. The van der Waals surface area contributed by atoms with Gasteiger partial charge in [0.15, 0.2) is 0 Å². The molecular formula is C12H18O. The second-order valence-electron chi connectivity index (χ2n) is 4.23. The van der Waals surface area contributed by atoms with Crippen LogP contribution in [0.25, 0.3) is 0 Å². The van der Waals surface area contributed by atoms with Gasteiger partial charge in [0.25, 0.3) is 0 Å². The normalized spacial score (nSPS) is 25.2. The first-order valence-electron chi connectivity index (χ1n) is 5.45. The average Bonchev–Trinajstić information content (AvgIpc) is 2.20. The van der Waals surface area contributed by atoms with Gasteiger partial charge in [0.2, 0.25) is 0 Å². The molecule has 0 amide bonds. The van der Waals surface area contributed by atoms with Crippen LogP contribution in [0.15, 0.2) is 23.5 Å². The predicted octanol–water partition coefficient (Wildman–Crippen LogP) is 3.73. The lowest BCUT2D eigenvalue weighted by Crippen LogP contribution is -2.10. The molecule has 0 atom stereocenters. The molecule has 0 radical (unpaired) electrons. The summed E-state index contributed by atoms with van der Waals surface area (Å²) in [5.74, 6) is 1.39. The zero-order valence-electron chi connectivity index (χ0n) is 8.13. The quantitative estimate of drug-likeness (QED) is 0.648. The highest BCUT2D eigenvalue weighted by Gasteiger charge is 2.18. The van der Waals surface area contributed by atoms with E-state index in [0.29, 0.717) is 5.76 Å². The van der Waals surface area contributed by atoms with Crippen LogP contribution in [0.5, 0.6) is 0 Å². The molecule has 1 fully saturated rings. The summed E-state index contributed by atoms with van der Waals surface area (Å²) in [5.41, 5.74) is 1.58. The monoisotopic (exact) mass is 178 g/mol. The molecule has 2 aliphatic rings. The molecule has 1 saturated carbocycles. The summed E-state index contributed by atoms with van der Waals surface area (Å²) in [6.07, 6.45) is 13.0. The molecule has 13 heavy (non-hydrogen) atoms. The van der Waals surface area contributed by atoms with Gasteiger partial charge in [-0.15, -0.1) is 0 Å². The first-order valence-corrected chi connectivity index (χ1v) is 5.45. The highest BCUT2D eigenvalue weighted by Crippen LogP contribution is 2.33. The van der Waals surface area contributed by atoms with Gasteiger partial charge < -0.3 is 5.11 Å². The number of rotatable bonds is 1. The molecule has 1 N–H and O–H groups in total. The van der Waals surface area contributed by atoms with E-state index in [4.69, 9.17) is 0 Å². The fourth-order valence-corrected chi connectivity index (χ4v) is 2.46. The molecule has 0 unspecified atom stereocenters. The summed E-state index contributed by atoms with van der Waals surface area (Å²) in [4.78, 5) is 0. The lowest BCUT2D eigenvalue weighted by molar-refractivity contribution is 0.364. The van der Waals surface area contributed by atoms with Crippen molar-refractivity contribution in [2.45, 2.75) is 44.9 Å². The van der Waals surface area contributed by atoms with E-state index >= 15 is 0 Å². The molecule has 1 heteroatoms. The molecule has 0 aromatic rings. The van der Waals surface area contributed by atoms with E-state index in [1.165, 1.54) is 32.1 Å². The van der Waals surface area contributed by atoms with Gasteiger partial charge in [-0.3, -0.25) is 0 Å². The molecule has 1 nitrogen and oxygen atoms in total. The van der Waals surface area contributed by atoms with Gasteiger partial charge in [-0.1, -0.05) is 30.9 Å². The van der Waals surface area contributed by atoms with Crippen LogP contribution >= 0.6 is 0 Å². The topological polar surface area (TPSA) is 20.2 Å². The molecule has 0 heterocycles. The first-order chi connectivity index (χ1) is 6.36. The van der Waals surface area contributed by atoms with E-state index in [-0.39, 0.29) is 0 Å². The molecule has 0 aliphatic heterocycles. The van der Waals surface area contributed by atoms with Crippen molar-refractivity contribution < 1.29 is 5.11 Å². The Hall–Kier alpha value is -0.720. The Morgan fingerprint density at radius 3 is 2.38 bits per heavy atom. The van der Waals surface area contributed by atoms with Gasteiger partial charge in [-0.2, -0.15) is 0 Å². The smallest absolute Gasteiger partial charge is 0.0925 e. The summed E-state index contributed by atoms with van der Waals surface area (Å²) in [6, 6.07) is 0. The Morgan fingerprint density at radius 2 is 1.77 bits per heavy atom. The highest BCUT2D eigenvalue weighted by atomic mass is 16.3. The summed E-state index contributed by atoms with van der Waals surface area (Å²) >= 11 is 0. The third-order valence-corrected chi connectivity index (χ3v) is 3.29. The molecule has 0 spiro atoms. The minimum atomic E-state index is 0.555. The van der Waals surface area contributed by atoms with Gasteiger partial charge in [-0.05, 0) is 31.3 Å². The molecule has 0 saturated heterocycles. The molecule has 72 valence electrons. The summed E-state index contributed by atoms with van der Waals surface area (Å²) in [5, 5.41) is 9.24. The van der Waals surface area contributed by atoms with Gasteiger partial charge in [0.1, 0.15) is 0 Å². The minimum absolute atomic E-state index is 0.555. The molecule has 0 bridgehead atoms. The van der Waals surface area contributed by atoms with Crippen LogP contribution in [0, 0.1) is 5.92 Å². The maximum absolute atomic E-state index is 9.24. The largest absolute Gasteiger partial charge is 0.512 e. The molecule has 2 rings (SSSR count). The van der Waals surface area contributed by atoms with Crippen molar-refractivity contribution in [2.24, 2.45) is 5.92 Å². The van der Waals surface area contributed by atoms with E-state index in [9.17, 15) is 5.11 Å². The third kappa shape index (κ3) is 2.15. The number of aliphatic hydroxyl groups excluding tert-OH is 1. The van der Waals surface area contributed by atoms with Gasteiger partial charge >= 0.3 is 0 Å². The van der Waals surface area contributed by atoms with Crippen LogP contribution < -0.4 is 0 Å². The van der Waals surface area contributed by atoms with E-state index in [0.717, 1.165) is 18.8 Å². The zero-order valence-corrected chi connectivity index (χ0v) is 8.13. The standard InChI is InChI=1S/C12H18O/c13-12-8-6-11(7-9-12)10-4-2-1-3-5-10/h6,8,10,13H,1-5,7,9H2. The Labute approximate surface area is 80.2 Å². The number of aliphatic hydroxyl groups is 1. The highest BCUT2D eigenvalue weighted by molar-refractivity contribution is 5.22. The fraction of sp³-hybridized carbons (Fsp3) is 0.667. The predicted molar refractivity (Wildman–Crippen MR) is 54.6 cm³/mol. The summed E-state index contributed by atoms with van der Waals surface area (Å²) in [6.45, 7) is 0. The van der Waals surface area contributed by atoms with Crippen LogP contribution in [-0.4, -0.2) is 5.11 Å². The van der Waals surface area contributed by atoms with Crippen molar-refractivity contribution in [3.8, 4) is 0 Å². The lowest BCUT2D eigenvalue weighted by Gasteiger charge is -2.25. The maximum Gasteiger partial charge on any atom is 0.0925 e. The van der Waals surface area contributed by atoms with Crippen LogP contribution in [0.2, 0.25) is 0 Å². The van der Waals surface area contributed by atoms with Crippen molar-refractivity contribution in [1.29, 1.82) is 0 Å². The number of hydrogen-bond acceptors (Lipinski definition) is 1. The van der Waals surface area contributed by atoms with Gasteiger partial charge in [-0.25, -0.2) is 0 Å². The average molecular weight is 178 g/mol. The van der Waals surface area contributed by atoms with Crippen molar-refractivity contribution in [3.63, 3.8) is 0 Å². The second kappa shape index (κ2) is 3.99. The van der Waals surface area contributed by atoms with E-state index in [1.807, 2.05) is 6.08 Å². The maximum atomic E-state index is 9.24. The van der Waals surface area contributed by atoms with Crippen molar-refractivity contribution in [3.05, 3.63) is 23.5 Å². The lowest BCUT2D eigenvalue weighted by atomic mass is 9.81. The second-order valence-corrected chi connectivity index (χ2v) is 4.23. The van der Waals surface area contributed by atoms with Gasteiger partial charge in [0, 0.05) is 6.42 Å². The van der Waals surface area contributed by atoms with Crippen LogP contribution in [-0.2, 0) is 0 Å². The SMILES string of the molecule is OC1=CC=C(C2CCCCC2)CC1. The Kier molecular flexibility index (Phi) is 2.72. The van der Waals surface area contributed by atoms with E-state index in [2.05, 4.69) is 6.08 Å². The fourth-order valence-electron chi connectivity index (χ4n) is 2.46.